The zero-order valence-corrected chi connectivity index (χ0v) is 34.0. The Bertz CT molecular complexity index is 2130. The van der Waals surface area contributed by atoms with Gasteiger partial charge in [0.2, 0.25) is 0 Å². The molecule has 0 spiro atoms. The number of aliphatic hydroxyl groups is 1. The van der Waals surface area contributed by atoms with Crippen LogP contribution in [0.3, 0.4) is 0 Å². The van der Waals surface area contributed by atoms with Crippen molar-refractivity contribution in [2.45, 2.75) is 66.2 Å². The van der Waals surface area contributed by atoms with Gasteiger partial charge in [-0.25, -0.2) is 19.2 Å². The predicted molar refractivity (Wildman–Crippen MR) is 216 cm³/mol. The molecule has 0 saturated carbocycles. The predicted octanol–water partition coefficient (Wildman–Crippen LogP) is 5.30. The molecular formula is C43H43N3O14S. The lowest BCUT2D eigenvalue weighted by atomic mass is 9.98. The lowest BCUT2D eigenvalue weighted by Crippen LogP contribution is -2.64. The van der Waals surface area contributed by atoms with Crippen LogP contribution in [0.4, 0.5) is 0 Å². The number of ether oxygens (including phenoxy) is 9. The second-order valence-electron chi connectivity index (χ2n) is 13.6. The summed E-state index contributed by atoms with van der Waals surface area (Å²) in [6.45, 7) is -0.0822. The molecule has 2 saturated heterocycles. The third-order valence-corrected chi connectivity index (χ3v) is 11.3. The standard InChI is InChI=1S/C43H43N3O14S/c1-52-29-21-19-25(20-22-29)23-55-24-30-37(33(31(45-46-44)42(54-3)56-30)57-38(48)26-13-7-4-8-14-26)61-43-36(59-40(50)28-17-11-6-12-18-28)34(32(47)35(60-43)41(51)53-2)58-39(49)27-15-9-5-10-16-27/h4-22,30-37,42-43,47H,23-24H2,1-3H3/t30-,31-,32+,33-,34+,35+,36-,37-,42+,43+/m1/s1. The highest BCUT2D eigenvalue weighted by Crippen LogP contribution is 2.42. The number of hydrogen-bond donors (Lipinski definition) is 1. The third kappa shape index (κ3) is 11.0. The van der Waals surface area contributed by atoms with Gasteiger partial charge in [0.05, 0.1) is 55.5 Å². The zero-order chi connectivity index (χ0) is 43.3. The lowest BCUT2D eigenvalue weighted by Gasteiger charge is -2.47. The van der Waals surface area contributed by atoms with Gasteiger partial charge < -0.3 is 47.7 Å². The van der Waals surface area contributed by atoms with Crippen LogP contribution in [0.15, 0.2) is 120 Å². The molecule has 0 amide bonds. The maximum absolute atomic E-state index is 13.8. The fourth-order valence-corrected chi connectivity index (χ4v) is 8.22. The van der Waals surface area contributed by atoms with Crippen molar-refractivity contribution >= 4 is 35.6 Å². The number of hydrogen-bond acceptors (Lipinski definition) is 16. The van der Waals surface area contributed by atoms with Crippen LogP contribution in [0.1, 0.15) is 36.6 Å². The van der Waals surface area contributed by atoms with Crippen molar-refractivity contribution in [1.29, 1.82) is 0 Å². The molecule has 6 rings (SSSR count). The minimum atomic E-state index is -1.92. The first-order chi connectivity index (χ1) is 29.6. The van der Waals surface area contributed by atoms with Crippen LogP contribution in [0.25, 0.3) is 10.4 Å². The van der Waals surface area contributed by atoms with E-state index >= 15 is 0 Å². The Morgan fingerprint density at radius 3 is 1.74 bits per heavy atom. The van der Waals surface area contributed by atoms with E-state index in [-0.39, 0.29) is 29.9 Å². The Morgan fingerprint density at radius 1 is 0.721 bits per heavy atom. The van der Waals surface area contributed by atoms with E-state index in [0.717, 1.165) is 24.4 Å². The summed E-state index contributed by atoms with van der Waals surface area (Å²) in [6, 6.07) is 29.6. The van der Waals surface area contributed by atoms with Crippen LogP contribution in [-0.4, -0.2) is 117 Å². The van der Waals surface area contributed by atoms with Crippen LogP contribution < -0.4 is 4.74 Å². The molecule has 0 aromatic heterocycles. The summed E-state index contributed by atoms with van der Waals surface area (Å²) in [6.07, 6.45) is -10.8. The van der Waals surface area contributed by atoms with E-state index in [4.69, 9.17) is 42.6 Å². The molecule has 2 aliphatic heterocycles. The minimum absolute atomic E-state index is 0.0957. The molecule has 4 aromatic rings. The van der Waals surface area contributed by atoms with Gasteiger partial charge in [0, 0.05) is 12.0 Å². The van der Waals surface area contributed by atoms with Crippen molar-refractivity contribution in [3.63, 3.8) is 0 Å². The number of carbonyl (C=O) groups excluding carboxylic acids is 4. The number of methoxy groups -OCH3 is 3. The highest BCUT2D eigenvalue weighted by Gasteiger charge is 2.56. The molecule has 2 fully saturated rings. The quantitative estimate of drug-likeness (QED) is 0.0497. The fourth-order valence-electron chi connectivity index (χ4n) is 6.67. The average molecular weight is 858 g/mol. The van der Waals surface area contributed by atoms with Crippen molar-refractivity contribution in [3.8, 4) is 5.75 Å². The maximum Gasteiger partial charge on any atom is 0.338 e. The molecule has 10 atom stereocenters. The molecule has 0 bridgehead atoms. The van der Waals surface area contributed by atoms with Crippen LogP contribution in [0.5, 0.6) is 5.75 Å². The third-order valence-electron chi connectivity index (χ3n) is 9.74. The first-order valence-electron chi connectivity index (χ1n) is 18.9. The fraction of sp³-hybridized carbons (Fsp3) is 0.349. The topological polar surface area (TPSA) is 220 Å². The number of nitrogens with zero attached hydrogens (tertiary/aromatic N) is 3. The van der Waals surface area contributed by atoms with E-state index in [0.29, 0.717) is 5.75 Å². The van der Waals surface area contributed by atoms with Crippen molar-refractivity contribution in [1.82, 2.24) is 0 Å². The van der Waals surface area contributed by atoms with Crippen molar-refractivity contribution in [2.24, 2.45) is 5.11 Å². The number of carbonyl (C=O) groups is 4. The zero-order valence-electron chi connectivity index (χ0n) is 33.2. The van der Waals surface area contributed by atoms with Crippen molar-refractivity contribution in [2.75, 3.05) is 27.9 Å². The van der Waals surface area contributed by atoms with Crippen LogP contribution in [0.2, 0.25) is 0 Å². The van der Waals surface area contributed by atoms with Gasteiger partial charge in [-0.3, -0.25) is 0 Å². The number of thioether (sulfide) groups is 1. The molecule has 2 aliphatic rings. The van der Waals surface area contributed by atoms with Gasteiger partial charge in [0.25, 0.3) is 0 Å². The second kappa shape index (κ2) is 21.5. The smallest absolute Gasteiger partial charge is 0.338 e. The Hall–Kier alpha value is -5.98. The van der Waals surface area contributed by atoms with E-state index in [9.17, 15) is 29.8 Å². The summed E-state index contributed by atoms with van der Waals surface area (Å²) in [7, 11) is 3.95. The summed E-state index contributed by atoms with van der Waals surface area (Å²) >= 11 is 0.847. The maximum atomic E-state index is 13.8. The van der Waals surface area contributed by atoms with Crippen molar-refractivity contribution < 1.29 is 66.9 Å². The molecule has 18 heteroatoms. The van der Waals surface area contributed by atoms with E-state index in [1.54, 1.807) is 73.8 Å². The number of azide groups is 1. The molecule has 320 valence electrons. The monoisotopic (exact) mass is 857 g/mol. The molecule has 0 radical (unpaired) electrons. The first-order valence-corrected chi connectivity index (χ1v) is 19.9. The summed E-state index contributed by atoms with van der Waals surface area (Å²) in [5, 5.41) is 14.5. The summed E-state index contributed by atoms with van der Waals surface area (Å²) in [4.78, 5) is 57.5. The molecule has 4 aromatic carbocycles. The van der Waals surface area contributed by atoms with E-state index in [2.05, 4.69) is 10.0 Å². The number of rotatable bonds is 16. The Balaban J connectivity index is 1.42. The van der Waals surface area contributed by atoms with Gasteiger partial charge in [0.15, 0.2) is 24.6 Å². The minimum Gasteiger partial charge on any atom is -0.497 e. The average Bonchev–Trinajstić information content (AvgIpc) is 3.30. The SMILES string of the molecule is COC(=O)[C@H]1O[C@@H](S[C@H]2[C@H](OC(=O)c3ccccc3)[C@@H](N=[N+]=[N-])[C@@H](OC)O[C@@H]2COCc2ccc(OC)cc2)[C@H](OC(=O)c2ccccc2)[C@@H](OC(=O)c2ccccc2)[C@@H]1O. The largest absolute Gasteiger partial charge is 0.497 e. The molecule has 1 N–H and O–H groups in total. The first kappa shape index (κ1) is 44.6. The molecule has 17 nitrogen and oxygen atoms in total. The summed E-state index contributed by atoms with van der Waals surface area (Å²) < 4.78 is 52.7. The number of esters is 4. The summed E-state index contributed by atoms with van der Waals surface area (Å²) in [5.41, 5.74) is 9.40. The number of benzene rings is 4. The van der Waals surface area contributed by atoms with Crippen molar-refractivity contribution in [3.05, 3.63) is 148 Å². The Morgan fingerprint density at radius 2 is 1.25 bits per heavy atom. The van der Waals surface area contributed by atoms with E-state index in [1.807, 2.05) is 12.1 Å². The van der Waals surface area contributed by atoms with Crippen LogP contribution in [-0.2, 0) is 49.3 Å². The number of aliphatic hydroxyl groups excluding tert-OH is 1. The van der Waals surface area contributed by atoms with Gasteiger partial charge >= 0.3 is 23.9 Å². The summed E-state index contributed by atoms with van der Waals surface area (Å²) in [5.74, 6) is -2.99. The van der Waals surface area contributed by atoms with E-state index < -0.39 is 83.5 Å². The molecule has 61 heavy (non-hydrogen) atoms. The van der Waals surface area contributed by atoms with Crippen LogP contribution >= 0.6 is 11.8 Å². The lowest BCUT2D eigenvalue weighted by molar-refractivity contribution is -0.223. The highest BCUT2D eigenvalue weighted by atomic mass is 32.2. The van der Waals surface area contributed by atoms with Gasteiger partial charge in [-0.2, -0.15) is 0 Å². The molecule has 2 heterocycles. The Kier molecular flexibility index (Phi) is 15.7. The molecule has 0 aliphatic carbocycles. The second-order valence-corrected chi connectivity index (χ2v) is 14.9. The molecular weight excluding hydrogens is 815 g/mol. The Labute approximate surface area is 354 Å². The normalized spacial score (nSPS) is 25.8. The highest BCUT2D eigenvalue weighted by molar-refractivity contribution is 8.00. The van der Waals surface area contributed by atoms with Gasteiger partial charge in [-0.15, -0.1) is 11.8 Å². The molecule has 0 unspecified atom stereocenters. The van der Waals surface area contributed by atoms with Gasteiger partial charge in [-0.05, 0) is 59.6 Å². The van der Waals surface area contributed by atoms with Gasteiger partial charge in [0.1, 0.15) is 29.4 Å². The van der Waals surface area contributed by atoms with Crippen LogP contribution in [0, 0.1) is 0 Å². The van der Waals surface area contributed by atoms with E-state index in [1.165, 1.54) is 43.5 Å². The van der Waals surface area contributed by atoms with Gasteiger partial charge in [-0.1, -0.05) is 71.8 Å².